The molecule has 0 unspecified atom stereocenters. The highest BCUT2D eigenvalue weighted by Gasteiger charge is 2.00. The fourth-order valence-electron chi connectivity index (χ4n) is 1.43. The summed E-state index contributed by atoms with van der Waals surface area (Å²) >= 11 is 0. The summed E-state index contributed by atoms with van der Waals surface area (Å²) in [5.74, 6) is 1.82. The van der Waals surface area contributed by atoms with Crippen molar-refractivity contribution in [3.05, 3.63) is 41.9 Å². The Hall–Kier alpha value is -2.37. The molecule has 0 spiro atoms. The normalized spacial score (nSPS) is 11.5. The molecule has 0 fully saturated rings. The van der Waals surface area contributed by atoms with Crippen LogP contribution in [0.1, 0.15) is 11.5 Å². The number of guanidine groups is 1. The molecule has 2 heterocycles. The zero-order chi connectivity index (χ0) is 12.8. The molecule has 3 N–H and O–H groups in total. The Bertz CT molecular complexity index is 520. The molecule has 94 valence electrons. The van der Waals surface area contributed by atoms with Gasteiger partial charge in [-0.15, -0.1) is 0 Å². The van der Waals surface area contributed by atoms with Gasteiger partial charge in [-0.2, -0.15) is 0 Å². The second-order valence-electron chi connectivity index (χ2n) is 3.79. The predicted molar refractivity (Wildman–Crippen MR) is 69.3 cm³/mol. The van der Waals surface area contributed by atoms with Gasteiger partial charge in [-0.1, -0.05) is 11.2 Å². The van der Waals surface area contributed by atoms with E-state index < -0.39 is 0 Å². The lowest BCUT2D eigenvalue weighted by molar-refractivity contribution is 0.381. The molecule has 0 aliphatic rings. The number of nitrogens with one attached hydrogen (secondary N) is 1. The molecular weight excluding hydrogens is 230 g/mol. The first-order chi connectivity index (χ1) is 8.74. The Kier molecular flexibility index (Phi) is 3.90. The molecule has 2 rings (SSSR count). The maximum Gasteiger partial charge on any atom is 0.194 e. The van der Waals surface area contributed by atoms with Crippen molar-refractivity contribution in [2.75, 3.05) is 11.9 Å². The van der Waals surface area contributed by atoms with E-state index in [1.807, 2.05) is 31.2 Å². The average molecular weight is 245 g/mol. The predicted octanol–water partition coefficient (Wildman–Crippen LogP) is 1.35. The standard InChI is InChI=1S/C12H15N5O/c1-9-8-10(18-17-9)5-7-15-12(13)16-11-4-2-3-6-14-11/h2-4,6,8H,5,7H2,1H3,(H3,13,14,15,16). The number of aliphatic imine (C=N–C) groups is 1. The molecule has 2 aromatic heterocycles. The molecule has 18 heavy (non-hydrogen) atoms. The number of nitrogens with two attached hydrogens (primary N) is 1. The lowest BCUT2D eigenvalue weighted by Gasteiger charge is -2.03. The minimum atomic E-state index is 0.338. The molecule has 0 saturated heterocycles. The molecule has 6 nitrogen and oxygen atoms in total. The Morgan fingerprint density at radius 2 is 2.39 bits per heavy atom. The molecular formula is C12H15N5O. The van der Waals surface area contributed by atoms with Crippen LogP contribution in [0.5, 0.6) is 0 Å². The molecule has 0 bridgehead atoms. The summed E-state index contributed by atoms with van der Waals surface area (Å²) in [5, 5.41) is 6.71. The van der Waals surface area contributed by atoms with E-state index in [4.69, 9.17) is 10.3 Å². The van der Waals surface area contributed by atoms with Gasteiger partial charge < -0.3 is 15.6 Å². The number of aromatic nitrogens is 2. The number of hydrogen-bond acceptors (Lipinski definition) is 4. The van der Waals surface area contributed by atoms with Crippen LogP contribution in [-0.4, -0.2) is 22.6 Å². The lowest BCUT2D eigenvalue weighted by Crippen LogP contribution is -2.23. The van der Waals surface area contributed by atoms with E-state index in [9.17, 15) is 0 Å². The fourth-order valence-corrected chi connectivity index (χ4v) is 1.43. The van der Waals surface area contributed by atoms with E-state index in [0.717, 1.165) is 11.5 Å². The second kappa shape index (κ2) is 5.81. The third-order valence-corrected chi connectivity index (χ3v) is 2.24. The van der Waals surface area contributed by atoms with Gasteiger partial charge in [-0.25, -0.2) is 4.98 Å². The maximum absolute atomic E-state index is 5.73. The number of hydrogen-bond donors (Lipinski definition) is 2. The summed E-state index contributed by atoms with van der Waals surface area (Å²) in [5.41, 5.74) is 6.60. The third-order valence-electron chi connectivity index (χ3n) is 2.24. The van der Waals surface area contributed by atoms with Gasteiger partial charge in [-0.3, -0.25) is 4.99 Å². The highest BCUT2D eigenvalue weighted by molar-refractivity contribution is 5.91. The summed E-state index contributed by atoms with van der Waals surface area (Å²) in [6, 6.07) is 7.42. The first-order valence-electron chi connectivity index (χ1n) is 5.64. The lowest BCUT2D eigenvalue weighted by atomic mass is 10.3. The van der Waals surface area contributed by atoms with Crippen LogP contribution in [0.2, 0.25) is 0 Å². The van der Waals surface area contributed by atoms with E-state index in [2.05, 4.69) is 20.4 Å². The molecule has 6 heteroatoms. The second-order valence-corrected chi connectivity index (χ2v) is 3.79. The Morgan fingerprint density at radius 3 is 3.06 bits per heavy atom. The molecule has 0 atom stereocenters. The van der Waals surface area contributed by atoms with Crippen molar-refractivity contribution in [2.45, 2.75) is 13.3 Å². The highest BCUT2D eigenvalue weighted by atomic mass is 16.5. The molecule has 2 aromatic rings. The molecule has 0 aliphatic carbocycles. The Morgan fingerprint density at radius 1 is 1.50 bits per heavy atom. The Labute approximate surface area is 105 Å². The average Bonchev–Trinajstić information content (AvgIpc) is 2.76. The van der Waals surface area contributed by atoms with Crippen LogP contribution < -0.4 is 11.1 Å². The molecule has 0 amide bonds. The molecule has 0 aliphatic heterocycles. The van der Waals surface area contributed by atoms with Gasteiger partial charge in [0, 0.05) is 25.2 Å². The van der Waals surface area contributed by atoms with Gasteiger partial charge >= 0.3 is 0 Å². The van der Waals surface area contributed by atoms with Crippen molar-refractivity contribution in [2.24, 2.45) is 10.7 Å². The number of anilines is 1. The zero-order valence-corrected chi connectivity index (χ0v) is 10.1. The quantitative estimate of drug-likeness (QED) is 0.627. The van der Waals surface area contributed by atoms with E-state index >= 15 is 0 Å². The van der Waals surface area contributed by atoms with Gasteiger partial charge in [-0.05, 0) is 19.1 Å². The maximum atomic E-state index is 5.73. The van der Waals surface area contributed by atoms with Crippen LogP contribution in [0.4, 0.5) is 5.82 Å². The first kappa shape index (κ1) is 12.1. The van der Waals surface area contributed by atoms with Gasteiger partial charge in [0.2, 0.25) is 0 Å². The fraction of sp³-hybridized carbons (Fsp3) is 0.250. The number of aryl methyl sites for hydroxylation is 1. The third kappa shape index (κ3) is 3.58. The van der Waals surface area contributed by atoms with Gasteiger partial charge in [0.25, 0.3) is 0 Å². The van der Waals surface area contributed by atoms with E-state index in [1.165, 1.54) is 0 Å². The van der Waals surface area contributed by atoms with Gasteiger partial charge in [0.1, 0.15) is 11.6 Å². The summed E-state index contributed by atoms with van der Waals surface area (Å²) in [7, 11) is 0. The first-order valence-corrected chi connectivity index (χ1v) is 5.64. The molecule has 0 saturated carbocycles. The van der Waals surface area contributed by atoms with Crippen molar-refractivity contribution in [3.8, 4) is 0 Å². The summed E-state index contributed by atoms with van der Waals surface area (Å²) in [6.45, 7) is 2.42. The topological polar surface area (TPSA) is 89.3 Å². The van der Waals surface area contributed by atoms with Crippen LogP contribution in [0.3, 0.4) is 0 Å². The summed E-state index contributed by atoms with van der Waals surface area (Å²) in [4.78, 5) is 8.27. The van der Waals surface area contributed by atoms with Crippen LogP contribution in [0.25, 0.3) is 0 Å². The molecule has 0 aromatic carbocycles. The SMILES string of the molecule is Cc1cc(CCN=C(N)Nc2ccccn2)on1. The zero-order valence-electron chi connectivity index (χ0n) is 10.1. The van der Waals surface area contributed by atoms with Crippen molar-refractivity contribution in [1.82, 2.24) is 10.1 Å². The van der Waals surface area contributed by atoms with Gasteiger partial charge in [0.05, 0.1) is 5.69 Å². The minimum Gasteiger partial charge on any atom is -0.370 e. The monoisotopic (exact) mass is 245 g/mol. The van der Waals surface area contributed by atoms with Crippen molar-refractivity contribution in [1.29, 1.82) is 0 Å². The van der Waals surface area contributed by atoms with Crippen molar-refractivity contribution < 1.29 is 4.52 Å². The number of pyridine rings is 1. The van der Waals surface area contributed by atoms with Crippen molar-refractivity contribution in [3.63, 3.8) is 0 Å². The van der Waals surface area contributed by atoms with E-state index in [-0.39, 0.29) is 0 Å². The van der Waals surface area contributed by atoms with Crippen LogP contribution >= 0.6 is 0 Å². The molecule has 0 radical (unpaired) electrons. The van der Waals surface area contributed by atoms with Crippen molar-refractivity contribution >= 4 is 11.8 Å². The summed E-state index contributed by atoms with van der Waals surface area (Å²) in [6.07, 6.45) is 2.36. The van der Waals surface area contributed by atoms with Crippen LogP contribution in [0.15, 0.2) is 40.0 Å². The summed E-state index contributed by atoms with van der Waals surface area (Å²) < 4.78 is 5.07. The van der Waals surface area contributed by atoms with E-state index in [0.29, 0.717) is 24.7 Å². The number of rotatable bonds is 4. The minimum absolute atomic E-state index is 0.338. The van der Waals surface area contributed by atoms with Crippen LogP contribution in [0, 0.1) is 6.92 Å². The van der Waals surface area contributed by atoms with Crippen LogP contribution in [-0.2, 0) is 6.42 Å². The highest BCUT2D eigenvalue weighted by Crippen LogP contribution is 2.03. The van der Waals surface area contributed by atoms with Gasteiger partial charge in [0.15, 0.2) is 5.96 Å². The number of nitrogens with zero attached hydrogens (tertiary/aromatic N) is 3. The van der Waals surface area contributed by atoms with E-state index in [1.54, 1.807) is 6.20 Å². The Balaban J connectivity index is 1.82. The smallest absolute Gasteiger partial charge is 0.194 e. The largest absolute Gasteiger partial charge is 0.370 e.